The Balaban J connectivity index is 4.24. The lowest BCUT2D eigenvalue weighted by Gasteiger charge is -2.18. The molecule has 0 unspecified atom stereocenters. The molecular weight excluding hydrogens is 769 g/mol. The summed E-state index contributed by atoms with van der Waals surface area (Å²) >= 11 is 0. The van der Waals surface area contributed by atoms with Crippen LogP contribution in [0.1, 0.15) is 311 Å². The summed E-state index contributed by atoms with van der Waals surface area (Å²) < 4.78 is 16.8. The molecule has 0 N–H and O–H groups in total. The Kier molecular flexibility index (Phi) is 47.6. The third-order valence-electron chi connectivity index (χ3n) is 12.7. The molecule has 1 atom stereocenters. The fraction of sp³-hybridized carbons (Fsp3) is 0.946. The minimum absolute atomic E-state index is 0.0638. The fourth-order valence-electron chi connectivity index (χ4n) is 8.52. The van der Waals surface area contributed by atoms with Crippen LogP contribution in [-0.2, 0) is 28.6 Å². The maximum Gasteiger partial charge on any atom is 0.306 e. The molecule has 0 radical (unpaired) electrons. The van der Waals surface area contributed by atoms with Gasteiger partial charge in [0.2, 0.25) is 0 Å². The zero-order valence-electron chi connectivity index (χ0n) is 42.5. The molecule has 0 rings (SSSR count). The predicted molar refractivity (Wildman–Crippen MR) is 266 cm³/mol. The smallest absolute Gasteiger partial charge is 0.306 e. The molecule has 0 aromatic rings. The summed E-state index contributed by atoms with van der Waals surface area (Å²) in [5, 5.41) is 0. The Morgan fingerprint density at radius 2 is 0.532 bits per heavy atom. The molecule has 368 valence electrons. The van der Waals surface area contributed by atoms with Crippen LogP contribution in [0.2, 0.25) is 0 Å². The Bertz CT molecular complexity index is 947. The highest BCUT2D eigenvalue weighted by Gasteiger charge is 2.19. The largest absolute Gasteiger partial charge is 0.462 e. The normalized spacial score (nSPS) is 12.0. The van der Waals surface area contributed by atoms with Crippen LogP contribution in [0.3, 0.4) is 0 Å². The van der Waals surface area contributed by atoms with Crippen LogP contribution in [0.25, 0.3) is 0 Å². The highest BCUT2D eigenvalue weighted by molar-refractivity contribution is 5.71. The lowest BCUT2D eigenvalue weighted by molar-refractivity contribution is -0.167. The minimum atomic E-state index is -0.762. The highest BCUT2D eigenvalue weighted by Crippen LogP contribution is 2.18. The number of esters is 3. The van der Waals surface area contributed by atoms with Crippen LogP contribution in [0.15, 0.2) is 0 Å². The van der Waals surface area contributed by atoms with E-state index in [1.807, 2.05) is 0 Å². The van der Waals surface area contributed by atoms with Crippen LogP contribution in [-0.4, -0.2) is 37.2 Å². The number of rotatable bonds is 50. The Morgan fingerprint density at radius 3 is 0.790 bits per heavy atom. The molecule has 62 heavy (non-hydrogen) atoms. The molecule has 0 saturated carbocycles. The van der Waals surface area contributed by atoms with Crippen molar-refractivity contribution in [1.29, 1.82) is 0 Å². The van der Waals surface area contributed by atoms with E-state index in [2.05, 4.69) is 34.6 Å². The zero-order chi connectivity index (χ0) is 45.4. The molecule has 0 heterocycles. The summed E-state index contributed by atoms with van der Waals surface area (Å²) in [4.78, 5) is 38.0. The third kappa shape index (κ3) is 49.4. The minimum Gasteiger partial charge on any atom is -0.462 e. The first kappa shape index (κ1) is 60.4. The quantitative estimate of drug-likeness (QED) is 0.0344. The van der Waals surface area contributed by atoms with E-state index in [1.54, 1.807) is 0 Å². The number of carbonyl (C=O) groups excluding carboxylic acids is 3. The van der Waals surface area contributed by atoms with Gasteiger partial charge in [-0.1, -0.05) is 272 Å². The van der Waals surface area contributed by atoms with E-state index in [0.717, 1.165) is 69.6 Å². The first-order valence-electron chi connectivity index (χ1n) is 27.7. The number of ether oxygens (including phenoxy) is 3. The van der Waals surface area contributed by atoms with Crippen molar-refractivity contribution in [1.82, 2.24) is 0 Å². The van der Waals surface area contributed by atoms with E-state index < -0.39 is 6.10 Å². The fourth-order valence-corrected chi connectivity index (χ4v) is 8.52. The van der Waals surface area contributed by atoms with Gasteiger partial charge in [-0.3, -0.25) is 14.4 Å². The van der Waals surface area contributed by atoms with E-state index in [4.69, 9.17) is 14.2 Å². The molecule has 0 aromatic carbocycles. The molecule has 0 aliphatic carbocycles. The van der Waals surface area contributed by atoms with Crippen molar-refractivity contribution < 1.29 is 28.6 Å². The lowest BCUT2D eigenvalue weighted by atomic mass is 10.0. The molecule has 0 aromatic heterocycles. The summed E-state index contributed by atoms with van der Waals surface area (Å²) in [6.07, 6.45) is 51.0. The average molecular weight is 877 g/mol. The van der Waals surface area contributed by atoms with Gasteiger partial charge < -0.3 is 14.2 Å². The van der Waals surface area contributed by atoms with Gasteiger partial charge in [0.25, 0.3) is 0 Å². The Morgan fingerprint density at radius 1 is 0.306 bits per heavy atom. The van der Waals surface area contributed by atoms with Gasteiger partial charge in [0.1, 0.15) is 13.2 Å². The monoisotopic (exact) mass is 877 g/mol. The molecule has 6 heteroatoms. The van der Waals surface area contributed by atoms with E-state index in [-0.39, 0.29) is 31.1 Å². The van der Waals surface area contributed by atoms with E-state index in [9.17, 15) is 14.4 Å². The van der Waals surface area contributed by atoms with Crippen molar-refractivity contribution in [3.63, 3.8) is 0 Å². The maximum absolute atomic E-state index is 12.8. The van der Waals surface area contributed by atoms with Gasteiger partial charge in [-0.05, 0) is 31.1 Å². The first-order valence-corrected chi connectivity index (χ1v) is 27.7. The Hall–Kier alpha value is -1.59. The number of hydrogen-bond donors (Lipinski definition) is 0. The molecule has 0 saturated heterocycles. The van der Waals surface area contributed by atoms with Crippen molar-refractivity contribution in [3.05, 3.63) is 0 Å². The highest BCUT2D eigenvalue weighted by atomic mass is 16.6. The van der Waals surface area contributed by atoms with Gasteiger partial charge in [0, 0.05) is 19.3 Å². The van der Waals surface area contributed by atoms with Crippen molar-refractivity contribution in [2.24, 2.45) is 11.8 Å². The van der Waals surface area contributed by atoms with Gasteiger partial charge in [-0.15, -0.1) is 0 Å². The third-order valence-corrected chi connectivity index (χ3v) is 12.7. The Labute approximate surface area is 387 Å². The van der Waals surface area contributed by atoms with Crippen LogP contribution in [0.4, 0.5) is 0 Å². The van der Waals surface area contributed by atoms with Gasteiger partial charge in [0.05, 0.1) is 0 Å². The molecule has 0 aliphatic rings. The van der Waals surface area contributed by atoms with Crippen LogP contribution < -0.4 is 0 Å². The molecule has 6 nitrogen and oxygen atoms in total. The molecule has 0 aliphatic heterocycles. The molecule has 0 bridgehead atoms. The van der Waals surface area contributed by atoms with Crippen molar-refractivity contribution >= 4 is 17.9 Å². The molecule has 0 fully saturated rings. The lowest BCUT2D eigenvalue weighted by Crippen LogP contribution is -2.30. The number of carbonyl (C=O) groups is 3. The van der Waals surface area contributed by atoms with Crippen LogP contribution in [0.5, 0.6) is 0 Å². The molecule has 0 spiro atoms. The molecule has 0 amide bonds. The van der Waals surface area contributed by atoms with Gasteiger partial charge in [-0.2, -0.15) is 0 Å². The van der Waals surface area contributed by atoms with Gasteiger partial charge in [0.15, 0.2) is 6.10 Å². The second-order valence-corrected chi connectivity index (χ2v) is 20.2. The topological polar surface area (TPSA) is 78.9 Å². The summed E-state index contributed by atoms with van der Waals surface area (Å²) in [7, 11) is 0. The average Bonchev–Trinajstić information content (AvgIpc) is 3.24. The van der Waals surface area contributed by atoms with Crippen molar-refractivity contribution in [2.75, 3.05) is 13.2 Å². The zero-order valence-corrected chi connectivity index (χ0v) is 42.5. The van der Waals surface area contributed by atoms with Crippen LogP contribution >= 0.6 is 0 Å². The van der Waals surface area contributed by atoms with Gasteiger partial charge in [-0.25, -0.2) is 0 Å². The van der Waals surface area contributed by atoms with Gasteiger partial charge >= 0.3 is 17.9 Å². The number of hydrogen-bond acceptors (Lipinski definition) is 6. The first-order chi connectivity index (χ1) is 30.2. The predicted octanol–water partition coefficient (Wildman–Crippen LogP) is 18.1. The van der Waals surface area contributed by atoms with Crippen molar-refractivity contribution in [3.8, 4) is 0 Å². The SMILES string of the molecule is CCCCCCCCCCCCCCCCCCCCCC(=O)OC[C@H](COC(=O)CCCCCCCCCCCCCC(C)C)OC(=O)CCCCCCCCCCC(C)C. The second kappa shape index (κ2) is 48.9. The van der Waals surface area contributed by atoms with Crippen LogP contribution in [0, 0.1) is 11.8 Å². The van der Waals surface area contributed by atoms with E-state index in [0.29, 0.717) is 19.3 Å². The number of unbranched alkanes of at least 4 members (excludes halogenated alkanes) is 35. The maximum atomic E-state index is 12.8. The standard InChI is InChI=1S/C56H108O6/c1-6-7-8-9-10-11-12-13-14-15-16-17-18-19-22-25-31-36-41-46-54(57)60-49-53(62-56(59)48-43-38-33-28-27-30-35-40-45-52(4)5)50-61-55(58)47-42-37-32-26-23-20-21-24-29-34-39-44-51(2)3/h51-53H,6-50H2,1-5H3/t53-/m1/s1. The summed E-state index contributed by atoms with van der Waals surface area (Å²) in [5.41, 5.74) is 0. The summed E-state index contributed by atoms with van der Waals surface area (Å²) in [6, 6.07) is 0. The van der Waals surface area contributed by atoms with Crippen molar-refractivity contribution in [2.45, 2.75) is 317 Å². The van der Waals surface area contributed by atoms with E-state index in [1.165, 1.54) is 199 Å². The molecular formula is C56H108O6. The summed E-state index contributed by atoms with van der Waals surface area (Å²) in [5.74, 6) is 0.773. The summed E-state index contributed by atoms with van der Waals surface area (Å²) in [6.45, 7) is 11.4. The second-order valence-electron chi connectivity index (χ2n) is 20.2. The van der Waals surface area contributed by atoms with E-state index >= 15 is 0 Å².